The van der Waals surface area contributed by atoms with Crippen molar-refractivity contribution in [2.24, 2.45) is 0 Å². The second-order valence-corrected chi connectivity index (χ2v) is 6.67. The maximum atomic E-state index is 11.5. The first-order chi connectivity index (χ1) is 14.0. The van der Waals surface area contributed by atoms with E-state index in [2.05, 4.69) is 32.5 Å². The molecule has 3 N–H and O–H groups in total. The monoisotopic (exact) mass is 398 g/mol. The van der Waals surface area contributed by atoms with Crippen molar-refractivity contribution < 1.29 is 14.6 Å². The third-order valence-electron chi connectivity index (χ3n) is 4.53. The Morgan fingerprint density at radius 3 is 2.76 bits per heavy atom. The molecule has 2 heterocycles. The van der Waals surface area contributed by atoms with Crippen molar-refractivity contribution in [2.45, 2.75) is 32.7 Å². The molecule has 0 unspecified atom stereocenters. The molecule has 3 rings (SSSR count). The normalized spacial score (nSPS) is 10.9. The van der Waals surface area contributed by atoms with Crippen LogP contribution in [0.15, 0.2) is 24.3 Å². The van der Waals surface area contributed by atoms with E-state index in [0.29, 0.717) is 29.5 Å². The third-order valence-corrected chi connectivity index (χ3v) is 4.53. The minimum Gasteiger partial charge on any atom is -0.480 e. The molecule has 0 saturated carbocycles. The molecule has 9 nitrogen and oxygen atoms in total. The number of benzene rings is 1. The Kier molecular flexibility index (Phi) is 6.48. The number of nitrogens with zero attached hydrogens (tertiary/aromatic N) is 4. The first kappa shape index (κ1) is 20.4. The Morgan fingerprint density at radius 1 is 1.24 bits per heavy atom. The molecule has 3 aromatic rings. The molecule has 0 aliphatic heterocycles. The summed E-state index contributed by atoms with van der Waals surface area (Å²) in [5.74, 6) is 0.727. The van der Waals surface area contributed by atoms with E-state index in [1.807, 2.05) is 24.3 Å². The summed E-state index contributed by atoms with van der Waals surface area (Å²) >= 11 is 0. The van der Waals surface area contributed by atoms with Crippen LogP contribution in [-0.4, -0.2) is 51.3 Å². The highest BCUT2D eigenvalue weighted by atomic mass is 16.5. The lowest BCUT2D eigenvalue weighted by Gasteiger charge is -2.10. The molecule has 0 spiro atoms. The van der Waals surface area contributed by atoms with E-state index < -0.39 is 0 Å². The number of aromatic nitrogens is 4. The van der Waals surface area contributed by atoms with Crippen LogP contribution in [-0.2, 0) is 22.5 Å². The van der Waals surface area contributed by atoms with E-state index in [4.69, 9.17) is 4.74 Å². The van der Waals surface area contributed by atoms with Crippen molar-refractivity contribution in [1.29, 1.82) is 0 Å². The summed E-state index contributed by atoms with van der Waals surface area (Å²) in [7, 11) is 3.12. The maximum Gasteiger partial charge on any atom is 0.309 e. The predicted octanol–water partition coefficient (Wildman–Crippen LogP) is 2.55. The molecule has 0 aliphatic rings. The number of unbranched alkanes of at least 4 members (excludes halogenated alkanes) is 1. The highest BCUT2D eigenvalue weighted by Gasteiger charge is 2.17. The van der Waals surface area contributed by atoms with Gasteiger partial charge in [-0.25, -0.2) is 0 Å². The van der Waals surface area contributed by atoms with Gasteiger partial charge >= 0.3 is 5.97 Å². The molecule has 1 aromatic carbocycles. The smallest absolute Gasteiger partial charge is 0.309 e. The lowest BCUT2D eigenvalue weighted by Crippen LogP contribution is -2.09. The molecular weight excluding hydrogens is 372 g/mol. The third kappa shape index (κ3) is 4.74. The first-order valence-electron chi connectivity index (χ1n) is 9.59. The highest BCUT2D eigenvalue weighted by molar-refractivity contribution is 5.85. The van der Waals surface area contributed by atoms with Gasteiger partial charge in [-0.1, -0.05) is 37.6 Å². The average molecular weight is 398 g/mol. The lowest BCUT2D eigenvalue weighted by molar-refractivity contribution is -0.139. The lowest BCUT2D eigenvalue weighted by atomic mass is 10.1. The van der Waals surface area contributed by atoms with Crippen molar-refractivity contribution in [3.05, 3.63) is 35.4 Å². The van der Waals surface area contributed by atoms with Crippen LogP contribution in [0.3, 0.4) is 0 Å². The molecule has 154 valence electrons. The van der Waals surface area contributed by atoms with Gasteiger partial charge in [0.25, 0.3) is 6.01 Å². The van der Waals surface area contributed by atoms with Crippen LogP contribution in [0.25, 0.3) is 11.2 Å². The fourth-order valence-electron chi connectivity index (χ4n) is 3.02. The number of imidazole rings is 1. The van der Waals surface area contributed by atoms with Crippen molar-refractivity contribution in [2.75, 3.05) is 31.3 Å². The van der Waals surface area contributed by atoms with E-state index in [1.165, 1.54) is 7.11 Å². The number of hydrogen-bond donors (Lipinski definition) is 3. The Bertz CT molecular complexity index is 1000. The number of carbonyl (C=O) groups excluding carboxylic acids is 1. The van der Waals surface area contributed by atoms with Crippen LogP contribution < -0.4 is 10.6 Å². The van der Waals surface area contributed by atoms with Crippen LogP contribution in [0.1, 0.15) is 30.9 Å². The standard InChI is InChI=1S/C20H26N6O3/c1-4-5-9-22-19-24-17(21-2)16-18(25-19)26(20(28)23-16)12-14-8-6-7-13(10-14)11-15(27)29-3/h6-8,10H,4-5,9,11-12H2,1-3H3,(H,23,28)(H2,21,22,24,25). The van der Waals surface area contributed by atoms with Crippen LogP contribution >= 0.6 is 0 Å². The second kappa shape index (κ2) is 9.22. The fraction of sp³-hybridized carbons (Fsp3) is 0.400. The number of rotatable bonds is 9. The van der Waals surface area contributed by atoms with Gasteiger partial charge in [0.1, 0.15) is 0 Å². The van der Waals surface area contributed by atoms with Crippen LogP contribution in [0.5, 0.6) is 6.01 Å². The van der Waals surface area contributed by atoms with Crippen LogP contribution in [0, 0.1) is 0 Å². The number of carbonyl (C=O) groups is 1. The second-order valence-electron chi connectivity index (χ2n) is 6.67. The molecule has 0 bridgehead atoms. The largest absolute Gasteiger partial charge is 0.480 e. The summed E-state index contributed by atoms with van der Waals surface area (Å²) in [6, 6.07) is 7.42. The SMILES string of the molecule is CCCCNc1nc(NC)c2nc(O)n(Cc3cccc(CC(=O)OC)c3)c2n1. The van der Waals surface area contributed by atoms with Gasteiger partial charge in [-0.3, -0.25) is 9.36 Å². The molecule has 9 heteroatoms. The summed E-state index contributed by atoms with van der Waals surface area (Å²) in [6.45, 7) is 3.24. The number of fused-ring (bicyclic) bond motifs is 1. The van der Waals surface area contributed by atoms with Gasteiger partial charge in [0.05, 0.1) is 20.1 Å². The van der Waals surface area contributed by atoms with E-state index in [0.717, 1.165) is 30.5 Å². The maximum absolute atomic E-state index is 11.5. The number of nitrogens with one attached hydrogen (secondary N) is 2. The number of ether oxygens (including phenoxy) is 1. The van der Waals surface area contributed by atoms with Gasteiger partial charge in [-0.05, 0) is 17.5 Å². The minimum atomic E-state index is -0.299. The number of esters is 1. The van der Waals surface area contributed by atoms with E-state index in [1.54, 1.807) is 11.6 Å². The molecule has 0 radical (unpaired) electrons. The number of aromatic hydroxyl groups is 1. The van der Waals surface area contributed by atoms with Crippen molar-refractivity contribution >= 4 is 28.9 Å². The summed E-state index contributed by atoms with van der Waals surface area (Å²) in [4.78, 5) is 24.8. The summed E-state index contributed by atoms with van der Waals surface area (Å²) < 4.78 is 6.36. The molecule has 0 atom stereocenters. The van der Waals surface area contributed by atoms with Gasteiger partial charge in [0.15, 0.2) is 17.0 Å². The van der Waals surface area contributed by atoms with Crippen molar-refractivity contribution in [3.63, 3.8) is 0 Å². The predicted molar refractivity (Wildman–Crippen MR) is 111 cm³/mol. The first-order valence-corrected chi connectivity index (χ1v) is 9.59. The summed E-state index contributed by atoms with van der Waals surface area (Å²) in [5.41, 5.74) is 2.77. The quantitative estimate of drug-likeness (QED) is 0.372. The Hall–Kier alpha value is -3.36. The van der Waals surface area contributed by atoms with E-state index >= 15 is 0 Å². The zero-order chi connectivity index (χ0) is 20.8. The highest BCUT2D eigenvalue weighted by Crippen LogP contribution is 2.26. The van der Waals surface area contributed by atoms with Gasteiger partial charge in [0.2, 0.25) is 5.95 Å². The Labute approximate surface area is 169 Å². The zero-order valence-corrected chi connectivity index (χ0v) is 16.9. The molecule has 0 saturated heterocycles. The van der Waals surface area contributed by atoms with Crippen LogP contribution in [0.4, 0.5) is 11.8 Å². The molecule has 0 amide bonds. The molecule has 2 aromatic heterocycles. The van der Waals surface area contributed by atoms with Gasteiger partial charge < -0.3 is 20.5 Å². The Morgan fingerprint density at radius 2 is 2.03 bits per heavy atom. The minimum absolute atomic E-state index is 0.144. The van der Waals surface area contributed by atoms with Crippen LogP contribution in [0.2, 0.25) is 0 Å². The molecular formula is C20H26N6O3. The molecule has 0 aliphatic carbocycles. The summed E-state index contributed by atoms with van der Waals surface area (Å²) in [6.07, 6.45) is 2.26. The summed E-state index contributed by atoms with van der Waals surface area (Å²) in [5, 5.41) is 16.7. The number of hydrogen-bond acceptors (Lipinski definition) is 8. The number of methoxy groups -OCH3 is 1. The molecule has 29 heavy (non-hydrogen) atoms. The number of anilines is 2. The topological polar surface area (TPSA) is 114 Å². The van der Waals surface area contributed by atoms with Gasteiger partial charge in [0, 0.05) is 13.6 Å². The van der Waals surface area contributed by atoms with Gasteiger partial charge in [-0.2, -0.15) is 15.0 Å². The Balaban J connectivity index is 1.94. The average Bonchev–Trinajstić information content (AvgIpc) is 3.03. The van der Waals surface area contributed by atoms with Crippen molar-refractivity contribution in [1.82, 2.24) is 19.5 Å². The zero-order valence-electron chi connectivity index (χ0n) is 16.9. The van der Waals surface area contributed by atoms with E-state index in [9.17, 15) is 9.90 Å². The van der Waals surface area contributed by atoms with Crippen molar-refractivity contribution in [3.8, 4) is 6.01 Å². The fourth-order valence-corrected chi connectivity index (χ4v) is 3.02. The molecule has 0 fully saturated rings. The van der Waals surface area contributed by atoms with E-state index in [-0.39, 0.29) is 18.4 Å². The van der Waals surface area contributed by atoms with Gasteiger partial charge in [-0.15, -0.1) is 0 Å².